The molecular formula is C11H15NO2. The van der Waals surface area contributed by atoms with E-state index in [0.29, 0.717) is 6.61 Å². The predicted molar refractivity (Wildman–Crippen MR) is 53.8 cm³/mol. The van der Waals surface area contributed by atoms with E-state index in [9.17, 15) is 0 Å². The molecule has 1 atom stereocenters. The van der Waals surface area contributed by atoms with Crippen LogP contribution in [0.4, 0.5) is 0 Å². The fourth-order valence-electron chi connectivity index (χ4n) is 1.41. The van der Waals surface area contributed by atoms with Crippen molar-refractivity contribution in [3.8, 4) is 0 Å². The van der Waals surface area contributed by atoms with Gasteiger partial charge in [0.25, 0.3) is 0 Å². The van der Waals surface area contributed by atoms with Crippen molar-refractivity contribution in [2.75, 3.05) is 19.7 Å². The first kappa shape index (κ1) is 9.65. The van der Waals surface area contributed by atoms with Crippen LogP contribution in [0.25, 0.3) is 0 Å². The highest BCUT2D eigenvalue weighted by atomic mass is 16.7. The molecule has 3 nitrogen and oxygen atoms in total. The van der Waals surface area contributed by atoms with E-state index in [1.807, 2.05) is 18.2 Å². The lowest BCUT2D eigenvalue weighted by atomic mass is 10.2. The van der Waals surface area contributed by atoms with E-state index in [2.05, 4.69) is 17.4 Å². The molecule has 1 unspecified atom stereocenters. The van der Waals surface area contributed by atoms with Crippen molar-refractivity contribution in [3.63, 3.8) is 0 Å². The largest absolute Gasteiger partial charge is 0.350 e. The summed E-state index contributed by atoms with van der Waals surface area (Å²) in [5.41, 5.74) is 1.18. The maximum absolute atomic E-state index is 5.58. The lowest BCUT2D eigenvalue weighted by Crippen LogP contribution is -2.39. The SMILES string of the molecule is c1ccc(COC2CNCCO2)cc1. The molecule has 0 spiro atoms. The summed E-state index contributed by atoms with van der Waals surface area (Å²) in [6, 6.07) is 10.1. The van der Waals surface area contributed by atoms with Crippen LogP contribution in [0.5, 0.6) is 0 Å². The zero-order valence-corrected chi connectivity index (χ0v) is 8.11. The van der Waals surface area contributed by atoms with Gasteiger partial charge in [-0.25, -0.2) is 0 Å². The number of benzene rings is 1. The molecule has 1 aliphatic rings. The fraction of sp³-hybridized carbons (Fsp3) is 0.455. The van der Waals surface area contributed by atoms with Gasteiger partial charge in [0.2, 0.25) is 0 Å². The minimum Gasteiger partial charge on any atom is -0.350 e. The molecule has 0 bridgehead atoms. The van der Waals surface area contributed by atoms with Gasteiger partial charge in [0, 0.05) is 13.1 Å². The van der Waals surface area contributed by atoms with Crippen molar-refractivity contribution in [1.82, 2.24) is 5.32 Å². The maximum atomic E-state index is 5.58. The number of ether oxygens (including phenoxy) is 2. The molecule has 0 amide bonds. The third-order valence-corrected chi connectivity index (χ3v) is 2.17. The molecule has 1 aliphatic heterocycles. The van der Waals surface area contributed by atoms with Crippen molar-refractivity contribution in [1.29, 1.82) is 0 Å². The van der Waals surface area contributed by atoms with Gasteiger partial charge in [0.1, 0.15) is 0 Å². The van der Waals surface area contributed by atoms with Gasteiger partial charge >= 0.3 is 0 Å². The summed E-state index contributed by atoms with van der Waals surface area (Å²) >= 11 is 0. The van der Waals surface area contributed by atoms with E-state index in [-0.39, 0.29) is 6.29 Å². The molecule has 0 aliphatic carbocycles. The lowest BCUT2D eigenvalue weighted by Gasteiger charge is -2.23. The van der Waals surface area contributed by atoms with Gasteiger partial charge in [-0.15, -0.1) is 0 Å². The second-order valence-corrected chi connectivity index (χ2v) is 3.30. The van der Waals surface area contributed by atoms with Gasteiger partial charge in [0.05, 0.1) is 13.2 Å². The van der Waals surface area contributed by atoms with Crippen molar-refractivity contribution >= 4 is 0 Å². The molecule has 76 valence electrons. The Morgan fingerprint density at radius 3 is 2.93 bits per heavy atom. The van der Waals surface area contributed by atoms with Crippen LogP contribution in [0.1, 0.15) is 5.56 Å². The van der Waals surface area contributed by atoms with Gasteiger partial charge in [-0.05, 0) is 5.56 Å². The third kappa shape index (κ3) is 2.80. The number of hydrogen-bond donors (Lipinski definition) is 1. The minimum atomic E-state index is -0.0936. The van der Waals surface area contributed by atoms with Crippen molar-refractivity contribution in [2.45, 2.75) is 12.9 Å². The lowest BCUT2D eigenvalue weighted by molar-refractivity contribution is -0.159. The van der Waals surface area contributed by atoms with Crippen LogP contribution in [0.2, 0.25) is 0 Å². The highest BCUT2D eigenvalue weighted by Gasteiger charge is 2.12. The molecule has 0 saturated carbocycles. The van der Waals surface area contributed by atoms with Crippen molar-refractivity contribution in [2.24, 2.45) is 0 Å². The van der Waals surface area contributed by atoms with Gasteiger partial charge < -0.3 is 14.8 Å². The topological polar surface area (TPSA) is 30.5 Å². The van der Waals surface area contributed by atoms with E-state index in [1.54, 1.807) is 0 Å². The molecular weight excluding hydrogens is 178 g/mol. The molecule has 0 radical (unpaired) electrons. The van der Waals surface area contributed by atoms with Crippen LogP contribution in [0, 0.1) is 0 Å². The highest BCUT2D eigenvalue weighted by Crippen LogP contribution is 2.05. The van der Waals surface area contributed by atoms with E-state index in [1.165, 1.54) is 5.56 Å². The van der Waals surface area contributed by atoms with E-state index in [0.717, 1.165) is 19.7 Å². The summed E-state index contributed by atoms with van der Waals surface area (Å²) in [7, 11) is 0. The maximum Gasteiger partial charge on any atom is 0.170 e. The van der Waals surface area contributed by atoms with Crippen LogP contribution >= 0.6 is 0 Å². The quantitative estimate of drug-likeness (QED) is 0.781. The summed E-state index contributed by atoms with van der Waals surface area (Å²) in [5.74, 6) is 0. The molecule has 2 rings (SSSR count). The molecule has 1 aromatic carbocycles. The monoisotopic (exact) mass is 193 g/mol. The first-order valence-electron chi connectivity index (χ1n) is 4.93. The number of rotatable bonds is 3. The molecule has 3 heteroatoms. The van der Waals surface area contributed by atoms with E-state index in [4.69, 9.17) is 9.47 Å². The fourth-order valence-corrected chi connectivity index (χ4v) is 1.41. The minimum absolute atomic E-state index is 0.0936. The average molecular weight is 193 g/mol. The van der Waals surface area contributed by atoms with Gasteiger partial charge in [-0.1, -0.05) is 30.3 Å². The Bertz CT molecular complexity index is 257. The van der Waals surface area contributed by atoms with Gasteiger partial charge in [-0.2, -0.15) is 0 Å². The molecule has 1 heterocycles. The summed E-state index contributed by atoms with van der Waals surface area (Å²) in [6.45, 7) is 3.06. The van der Waals surface area contributed by atoms with Crippen LogP contribution in [-0.2, 0) is 16.1 Å². The Kier molecular flexibility index (Phi) is 3.51. The summed E-state index contributed by atoms with van der Waals surface area (Å²) in [4.78, 5) is 0. The zero-order valence-electron chi connectivity index (χ0n) is 8.11. The van der Waals surface area contributed by atoms with Gasteiger partial charge in [0.15, 0.2) is 6.29 Å². The smallest absolute Gasteiger partial charge is 0.170 e. The van der Waals surface area contributed by atoms with Crippen molar-refractivity contribution < 1.29 is 9.47 Å². The second kappa shape index (κ2) is 5.10. The summed E-state index contributed by atoms with van der Waals surface area (Å²) in [5, 5.41) is 3.22. The van der Waals surface area contributed by atoms with Crippen LogP contribution in [-0.4, -0.2) is 26.0 Å². The van der Waals surface area contributed by atoms with Crippen LogP contribution in [0.15, 0.2) is 30.3 Å². The number of morpholine rings is 1. The van der Waals surface area contributed by atoms with Crippen LogP contribution in [0.3, 0.4) is 0 Å². The Balaban J connectivity index is 1.76. The molecule has 0 aromatic heterocycles. The van der Waals surface area contributed by atoms with Gasteiger partial charge in [-0.3, -0.25) is 0 Å². The van der Waals surface area contributed by atoms with Crippen LogP contribution < -0.4 is 5.32 Å². The Morgan fingerprint density at radius 1 is 1.36 bits per heavy atom. The Morgan fingerprint density at radius 2 is 2.21 bits per heavy atom. The molecule has 1 saturated heterocycles. The Hall–Kier alpha value is -0.900. The number of nitrogens with one attached hydrogen (secondary N) is 1. The zero-order chi connectivity index (χ0) is 9.64. The molecule has 1 aromatic rings. The van der Waals surface area contributed by atoms with E-state index >= 15 is 0 Å². The summed E-state index contributed by atoms with van der Waals surface area (Å²) in [6.07, 6.45) is -0.0936. The Labute approximate surface area is 84.0 Å². The van der Waals surface area contributed by atoms with E-state index < -0.39 is 0 Å². The standard InChI is InChI=1S/C11H15NO2/c1-2-4-10(5-3-1)9-14-11-8-12-6-7-13-11/h1-5,11-12H,6-9H2. The highest BCUT2D eigenvalue weighted by molar-refractivity contribution is 5.13. The molecule has 14 heavy (non-hydrogen) atoms. The average Bonchev–Trinajstić information content (AvgIpc) is 2.29. The first-order chi connectivity index (χ1) is 6.95. The predicted octanol–water partition coefficient (Wildman–Crippen LogP) is 1.15. The molecule has 1 N–H and O–H groups in total. The second-order valence-electron chi connectivity index (χ2n) is 3.30. The number of hydrogen-bond acceptors (Lipinski definition) is 3. The summed E-state index contributed by atoms with van der Waals surface area (Å²) < 4.78 is 11.0. The first-order valence-corrected chi connectivity index (χ1v) is 4.93. The molecule has 1 fully saturated rings. The van der Waals surface area contributed by atoms with Crippen molar-refractivity contribution in [3.05, 3.63) is 35.9 Å². The normalized spacial score (nSPS) is 22.1. The third-order valence-electron chi connectivity index (χ3n) is 2.17.